The van der Waals surface area contributed by atoms with Crippen LogP contribution < -0.4 is 10.2 Å². The first-order valence-corrected chi connectivity index (χ1v) is 6.66. The molecule has 0 saturated carbocycles. The van der Waals surface area contributed by atoms with Gasteiger partial charge in [-0.25, -0.2) is 0 Å². The second kappa shape index (κ2) is 7.73. The number of hydrogen-bond donors (Lipinski definition) is 1. The lowest BCUT2D eigenvalue weighted by Gasteiger charge is -2.27. The molecular formula is C15H23N3. The van der Waals surface area contributed by atoms with Crippen LogP contribution in [-0.2, 0) is 0 Å². The highest BCUT2D eigenvalue weighted by Gasteiger charge is 2.14. The minimum absolute atomic E-state index is 0.373. The van der Waals surface area contributed by atoms with Crippen molar-refractivity contribution in [2.45, 2.75) is 32.7 Å². The van der Waals surface area contributed by atoms with E-state index in [1.54, 1.807) is 0 Å². The van der Waals surface area contributed by atoms with Crippen molar-refractivity contribution in [1.82, 2.24) is 5.32 Å². The number of anilines is 1. The van der Waals surface area contributed by atoms with E-state index in [1.165, 1.54) is 11.3 Å². The lowest BCUT2D eigenvalue weighted by molar-refractivity contribution is 0.575. The highest BCUT2D eigenvalue weighted by atomic mass is 15.1. The zero-order valence-corrected chi connectivity index (χ0v) is 11.6. The quantitative estimate of drug-likeness (QED) is 0.802. The first-order valence-electron chi connectivity index (χ1n) is 6.66. The number of rotatable bonds is 7. The summed E-state index contributed by atoms with van der Waals surface area (Å²) in [5, 5.41) is 12.1. The molecule has 98 valence electrons. The SMILES string of the molecule is CCC(NC)c1ccccc1N(CC)CCC#N. The second-order valence-corrected chi connectivity index (χ2v) is 4.30. The predicted molar refractivity (Wildman–Crippen MR) is 76.7 cm³/mol. The number of nitrogens with zero attached hydrogens (tertiary/aromatic N) is 2. The normalized spacial score (nSPS) is 11.9. The minimum atomic E-state index is 0.373. The van der Waals surface area contributed by atoms with Gasteiger partial charge in [0.05, 0.1) is 12.5 Å². The first-order chi connectivity index (χ1) is 8.78. The van der Waals surface area contributed by atoms with Crippen LogP contribution in [0.2, 0.25) is 0 Å². The molecule has 0 aromatic heterocycles. The van der Waals surface area contributed by atoms with Crippen LogP contribution in [0.5, 0.6) is 0 Å². The van der Waals surface area contributed by atoms with Gasteiger partial charge in [-0.05, 0) is 32.0 Å². The summed E-state index contributed by atoms with van der Waals surface area (Å²) in [6.07, 6.45) is 1.63. The van der Waals surface area contributed by atoms with Crippen LogP contribution in [0.3, 0.4) is 0 Å². The Bertz CT molecular complexity index is 391. The summed E-state index contributed by atoms with van der Waals surface area (Å²) < 4.78 is 0. The molecule has 0 aliphatic heterocycles. The Morgan fingerprint density at radius 1 is 1.33 bits per heavy atom. The molecule has 0 bridgehead atoms. The summed E-state index contributed by atoms with van der Waals surface area (Å²) in [5.41, 5.74) is 2.57. The molecule has 0 heterocycles. The van der Waals surface area contributed by atoms with E-state index in [4.69, 9.17) is 5.26 Å². The highest BCUT2D eigenvalue weighted by Crippen LogP contribution is 2.28. The summed E-state index contributed by atoms with van der Waals surface area (Å²) in [7, 11) is 2.00. The van der Waals surface area contributed by atoms with Gasteiger partial charge in [0.2, 0.25) is 0 Å². The Balaban J connectivity index is 3.02. The third-order valence-corrected chi connectivity index (χ3v) is 3.28. The zero-order chi connectivity index (χ0) is 13.4. The second-order valence-electron chi connectivity index (χ2n) is 4.30. The van der Waals surface area contributed by atoms with E-state index in [-0.39, 0.29) is 0 Å². The first kappa shape index (κ1) is 14.5. The Labute approximate surface area is 110 Å². The van der Waals surface area contributed by atoms with Crippen LogP contribution in [0.1, 0.15) is 38.3 Å². The van der Waals surface area contributed by atoms with E-state index in [1.807, 2.05) is 7.05 Å². The van der Waals surface area contributed by atoms with Crippen LogP contribution in [0.4, 0.5) is 5.69 Å². The maximum absolute atomic E-state index is 8.74. The van der Waals surface area contributed by atoms with Crippen molar-refractivity contribution in [2.24, 2.45) is 0 Å². The molecule has 18 heavy (non-hydrogen) atoms. The van der Waals surface area contributed by atoms with E-state index in [0.717, 1.165) is 19.5 Å². The predicted octanol–water partition coefficient (Wildman–Crippen LogP) is 3.10. The summed E-state index contributed by atoms with van der Waals surface area (Å²) in [6, 6.07) is 11.1. The fourth-order valence-corrected chi connectivity index (χ4v) is 2.28. The lowest BCUT2D eigenvalue weighted by Crippen LogP contribution is -2.27. The summed E-state index contributed by atoms with van der Waals surface area (Å²) >= 11 is 0. The lowest BCUT2D eigenvalue weighted by atomic mass is 10.0. The third kappa shape index (κ3) is 3.48. The minimum Gasteiger partial charge on any atom is -0.371 e. The van der Waals surface area contributed by atoms with Crippen molar-refractivity contribution in [2.75, 3.05) is 25.0 Å². The van der Waals surface area contributed by atoms with E-state index in [9.17, 15) is 0 Å². The molecule has 0 saturated heterocycles. The van der Waals surface area contributed by atoms with Crippen LogP contribution in [0.15, 0.2) is 24.3 Å². The number of nitriles is 1. The smallest absolute Gasteiger partial charge is 0.0640 e. The number of hydrogen-bond acceptors (Lipinski definition) is 3. The molecular weight excluding hydrogens is 222 g/mol. The van der Waals surface area contributed by atoms with Gasteiger partial charge in [-0.15, -0.1) is 0 Å². The van der Waals surface area contributed by atoms with Crippen molar-refractivity contribution in [3.05, 3.63) is 29.8 Å². The molecule has 1 aromatic carbocycles. The molecule has 0 fully saturated rings. The highest BCUT2D eigenvalue weighted by molar-refractivity contribution is 5.55. The largest absolute Gasteiger partial charge is 0.371 e. The summed E-state index contributed by atoms with van der Waals surface area (Å²) in [6.45, 7) is 6.04. The van der Waals surface area contributed by atoms with E-state index in [0.29, 0.717) is 12.5 Å². The fourth-order valence-electron chi connectivity index (χ4n) is 2.28. The van der Waals surface area contributed by atoms with Crippen molar-refractivity contribution in [3.8, 4) is 6.07 Å². The van der Waals surface area contributed by atoms with E-state index >= 15 is 0 Å². The van der Waals surface area contributed by atoms with Gasteiger partial charge >= 0.3 is 0 Å². The molecule has 1 N–H and O–H groups in total. The molecule has 0 aliphatic rings. The molecule has 0 amide bonds. The molecule has 3 nitrogen and oxygen atoms in total. The van der Waals surface area contributed by atoms with Gasteiger partial charge in [0.15, 0.2) is 0 Å². The standard InChI is InChI=1S/C15H23N3/c1-4-14(17-3)13-9-6-7-10-15(13)18(5-2)12-8-11-16/h6-7,9-10,14,17H,4-5,8,12H2,1-3H3. The third-order valence-electron chi connectivity index (χ3n) is 3.28. The van der Waals surface area contributed by atoms with Crippen LogP contribution >= 0.6 is 0 Å². The molecule has 0 aliphatic carbocycles. The van der Waals surface area contributed by atoms with Crippen LogP contribution in [0, 0.1) is 11.3 Å². The van der Waals surface area contributed by atoms with Gasteiger partial charge in [0, 0.05) is 24.8 Å². The molecule has 0 spiro atoms. The molecule has 0 radical (unpaired) electrons. The monoisotopic (exact) mass is 245 g/mol. The van der Waals surface area contributed by atoms with Crippen molar-refractivity contribution in [3.63, 3.8) is 0 Å². The summed E-state index contributed by atoms with van der Waals surface area (Å²) in [5.74, 6) is 0. The molecule has 1 atom stereocenters. The molecule has 1 unspecified atom stereocenters. The maximum atomic E-state index is 8.74. The fraction of sp³-hybridized carbons (Fsp3) is 0.533. The van der Waals surface area contributed by atoms with E-state index in [2.05, 4.69) is 54.4 Å². The number of nitrogens with one attached hydrogen (secondary N) is 1. The van der Waals surface area contributed by atoms with Crippen LogP contribution in [0.25, 0.3) is 0 Å². The Kier molecular flexibility index (Phi) is 6.24. The summed E-state index contributed by atoms with van der Waals surface area (Å²) in [4.78, 5) is 2.28. The van der Waals surface area contributed by atoms with Gasteiger partial charge in [-0.3, -0.25) is 0 Å². The number of benzene rings is 1. The van der Waals surface area contributed by atoms with Gasteiger partial charge < -0.3 is 10.2 Å². The number of para-hydroxylation sites is 1. The van der Waals surface area contributed by atoms with Gasteiger partial charge in [0.25, 0.3) is 0 Å². The molecule has 1 aromatic rings. The maximum Gasteiger partial charge on any atom is 0.0640 e. The van der Waals surface area contributed by atoms with Crippen molar-refractivity contribution < 1.29 is 0 Å². The average molecular weight is 245 g/mol. The topological polar surface area (TPSA) is 39.1 Å². The van der Waals surface area contributed by atoms with Crippen molar-refractivity contribution in [1.29, 1.82) is 5.26 Å². The van der Waals surface area contributed by atoms with Crippen molar-refractivity contribution >= 4 is 5.69 Å². The van der Waals surface area contributed by atoms with Gasteiger partial charge in [-0.2, -0.15) is 5.26 Å². The van der Waals surface area contributed by atoms with Crippen LogP contribution in [-0.4, -0.2) is 20.1 Å². The Morgan fingerprint density at radius 3 is 2.61 bits per heavy atom. The van der Waals surface area contributed by atoms with Gasteiger partial charge in [-0.1, -0.05) is 25.1 Å². The van der Waals surface area contributed by atoms with E-state index < -0.39 is 0 Å². The molecule has 1 rings (SSSR count). The average Bonchev–Trinajstić information content (AvgIpc) is 2.42. The van der Waals surface area contributed by atoms with Gasteiger partial charge in [0.1, 0.15) is 0 Å². The zero-order valence-electron chi connectivity index (χ0n) is 11.6. The Hall–Kier alpha value is -1.53. The Morgan fingerprint density at radius 2 is 2.06 bits per heavy atom. The molecule has 3 heteroatoms.